The van der Waals surface area contributed by atoms with E-state index in [9.17, 15) is 0 Å². The van der Waals surface area contributed by atoms with Crippen LogP contribution >= 0.6 is 0 Å². The first-order valence-corrected chi connectivity index (χ1v) is 7.29. The zero-order valence-electron chi connectivity index (χ0n) is 13.1. The molecule has 0 atom stereocenters. The first-order valence-electron chi connectivity index (χ1n) is 7.29. The second kappa shape index (κ2) is 5.64. The summed E-state index contributed by atoms with van der Waals surface area (Å²) in [6.45, 7) is 7.92. The summed E-state index contributed by atoms with van der Waals surface area (Å²) in [6, 6.07) is 12.0. The highest BCUT2D eigenvalue weighted by Crippen LogP contribution is 2.42. The fraction of sp³-hybridized carbons (Fsp3) is 0.222. The summed E-state index contributed by atoms with van der Waals surface area (Å²) in [5.41, 5.74) is 4.02. The molecule has 22 heavy (non-hydrogen) atoms. The molecule has 0 saturated carbocycles. The molecule has 1 aliphatic heterocycles. The summed E-state index contributed by atoms with van der Waals surface area (Å²) in [7, 11) is 1.67. The number of hydrogen-bond acceptors (Lipinski definition) is 4. The van der Waals surface area contributed by atoms with Crippen molar-refractivity contribution in [3.05, 3.63) is 48.8 Å². The van der Waals surface area contributed by atoms with Gasteiger partial charge in [0.2, 0.25) is 0 Å². The largest absolute Gasteiger partial charge is 0.496 e. The Morgan fingerprint density at radius 2 is 1.73 bits per heavy atom. The molecular formula is C18H20N2O2. The van der Waals surface area contributed by atoms with E-state index in [-0.39, 0.29) is 6.10 Å². The molecule has 0 unspecified atom stereocenters. The minimum Gasteiger partial charge on any atom is -0.496 e. The van der Waals surface area contributed by atoms with Crippen molar-refractivity contribution in [2.45, 2.75) is 20.0 Å². The standard InChI is InChI=1S/C18H20N2O2/c1-11(2)22-17-7-5-6-16(21-4)18(17)13-8-9-14-15(10-13)20-12(3)19-14/h5-11,19-20H,3H2,1-2,4H3. The van der Waals surface area contributed by atoms with E-state index >= 15 is 0 Å². The highest BCUT2D eigenvalue weighted by Gasteiger charge is 2.18. The van der Waals surface area contributed by atoms with Crippen LogP contribution in [0.3, 0.4) is 0 Å². The average molecular weight is 296 g/mol. The second-order valence-corrected chi connectivity index (χ2v) is 5.49. The SMILES string of the molecule is C=C1Nc2ccc(-c3c(OC)cccc3OC(C)C)cc2N1. The average Bonchev–Trinajstić information content (AvgIpc) is 2.85. The number of nitrogens with one attached hydrogen (secondary N) is 2. The maximum absolute atomic E-state index is 5.95. The van der Waals surface area contributed by atoms with E-state index in [0.717, 1.165) is 39.8 Å². The summed E-state index contributed by atoms with van der Waals surface area (Å²) in [5.74, 6) is 2.40. The summed E-state index contributed by atoms with van der Waals surface area (Å²) < 4.78 is 11.5. The number of rotatable bonds is 4. The van der Waals surface area contributed by atoms with Crippen LogP contribution in [0.2, 0.25) is 0 Å². The zero-order valence-corrected chi connectivity index (χ0v) is 13.1. The smallest absolute Gasteiger partial charge is 0.131 e. The summed E-state index contributed by atoms with van der Waals surface area (Å²) in [6.07, 6.45) is 0.0971. The molecule has 0 fully saturated rings. The van der Waals surface area contributed by atoms with Gasteiger partial charge in [-0.05, 0) is 43.7 Å². The lowest BCUT2D eigenvalue weighted by atomic mass is 10.0. The molecule has 0 aromatic heterocycles. The van der Waals surface area contributed by atoms with Gasteiger partial charge in [-0.3, -0.25) is 0 Å². The third kappa shape index (κ3) is 2.60. The quantitative estimate of drug-likeness (QED) is 0.874. The number of methoxy groups -OCH3 is 1. The molecule has 4 nitrogen and oxygen atoms in total. The molecule has 0 spiro atoms. The molecule has 1 aliphatic rings. The Balaban J connectivity index is 2.11. The van der Waals surface area contributed by atoms with Crippen LogP contribution in [-0.4, -0.2) is 13.2 Å². The fourth-order valence-corrected chi connectivity index (χ4v) is 2.59. The number of benzene rings is 2. The number of anilines is 2. The fourth-order valence-electron chi connectivity index (χ4n) is 2.59. The van der Waals surface area contributed by atoms with Gasteiger partial charge in [-0.25, -0.2) is 0 Å². The predicted octanol–water partition coefficient (Wildman–Crippen LogP) is 4.46. The van der Waals surface area contributed by atoms with Gasteiger partial charge in [0.05, 0.1) is 30.2 Å². The van der Waals surface area contributed by atoms with Crippen LogP contribution in [0.4, 0.5) is 11.4 Å². The van der Waals surface area contributed by atoms with Gasteiger partial charge in [-0.15, -0.1) is 0 Å². The molecular weight excluding hydrogens is 276 g/mol. The van der Waals surface area contributed by atoms with Gasteiger partial charge in [0.25, 0.3) is 0 Å². The molecule has 2 aromatic carbocycles. The van der Waals surface area contributed by atoms with E-state index in [0.29, 0.717) is 0 Å². The first kappa shape index (κ1) is 14.3. The Morgan fingerprint density at radius 3 is 2.45 bits per heavy atom. The number of fused-ring (bicyclic) bond motifs is 1. The molecule has 114 valence electrons. The molecule has 1 heterocycles. The molecule has 0 saturated heterocycles. The van der Waals surface area contributed by atoms with Crippen molar-refractivity contribution in [2.24, 2.45) is 0 Å². The van der Waals surface area contributed by atoms with Crippen LogP contribution in [0.25, 0.3) is 11.1 Å². The van der Waals surface area contributed by atoms with Gasteiger partial charge in [-0.2, -0.15) is 0 Å². The highest BCUT2D eigenvalue weighted by molar-refractivity contribution is 5.86. The predicted molar refractivity (Wildman–Crippen MR) is 90.6 cm³/mol. The molecule has 0 amide bonds. The van der Waals surface area contributed by atoms with Gasteiger partial charge in [0.15, 0.2) is 0 Å². The van der Waals surface area contributed by atoms with Crippen molar-refractivity contribution in [3.8, 4) is 22.6 Å². The maximum Gasteiger partial charge on any atom is 0.131 e. The molecule has 2 aromatic rings. The van der Waals surface area contributed by atoms with E-state index in [2.05, 4.69) is 29.3 Å². The van der Waals surface area contributed by atoms with Crippen LogP contribution in [0, 0.1) is 0 Å². The monoisotopic (exact) mass is 296 g/mol. The van der Waals surface area contributed by atoms with Gasteiger partial charge >= 0.3 is 0 Å². The molecule has 0 radical (unpaired) electrons. The Bertz CT molecular complexity index is 723. The van der Waals surface area contributed by atoms with Gasteiger partial charge in [0.1, 0.15) is 17.3 Å². The summed E-state index contributed by atoms with van der Waals surface area (Å²) in [4.78, 5) is 0. The minimum absolute atomic E-state index is 0.0971. The van der Waals surface area contributed by atoms with Gasteiger partial charge in [-0.1, -0.05) is 18.7 Å². The lowest BCUT2D eigenvalue weighted by molar-refractivity contribution is 0.242. The van der Waals surface area contributed by atoms with E-state index in [1.54, 1.807) is 7.11 Å². The van der Waals surface area contributed by atoms with Crippen LogP contribution < -0.4 is 20.1 Å². The van der Waals surface area contributed by atoms with Crippen LogP contribution in [0.1, 0.15) is 13.8 Å². The van der Waals surface area contributed by atoms with Crippen LogP contribution in [-0.2, 0) is 0 Å². The van der Waals surface area contributed by atoms with Crippen molar-refractivity contribution < 1.29 is 9.47 Å². The Labute approximate surface area is 130 Å². The van der Waals surface area contributed by atoms with Crippen LogP contribution in [0.15, 0.2) is 48.8 Å². The zero-order chi connectivity index (χ0) is 15.7. The molecule has 0 bridgehead atoms. The minimum atomic E-state index is 0.0971. The third-order valence-corrected chi connectivity index (χ3v) is 3.45. The highest BCUT2D eigenvalue weighted by atomic mass is 16.5. The molecule has 4 heteroatoms. The second-order valence-electron chi connectivity index (χ2n) is 5.49. The van der Waals surface area contributed by atoms with Crippen molar-refractivity contribution in [1.29, 1.82) is 0 Å². The van der Waals surface area contributed by atoms with Crippen LogP contribution in [0.5, 0.6) is 11.5 Å². The van der Waals surface area contributed by atoms with Crippen molar-refractivity contribution >= 4 is 11.4 Å². The van der Waals surface area contributed by atoms with E-state index in [1.165, 1.54) is 0 Å². The molecule has 0 aliphatic carbocycles. The first-order chi connectivity index (χ1) is 10.6. The normalized spacial score (nSPS) is 12.6. The third-order valence-electron chi connectivity index (χ3n) is 3.45. The summed E-state index contributed by atoms with van der Waals surface area (Å²) in [5, 5.41) is 6.40. The van der Waals surface area contributed by atoms with Crippen molar-refractivity contribution in [3.63, 3.8) is 0 Å². The van der Waals surface area contributed by atoms with Gasteiger partial charge < -0.3 is 20.1 Å². The van der Waals surface area contributed by atoms with Gasteiger partial charge in [0, 0.05) is 0 Å². The van der Waals surface area contributed by atoms with E-state index < -0.39 is 0 Å². The lowest BCUT2D eigenvalue weighted by Gasteiger charge is -2.17. The van der Waals surface area contributed by atoms with E-state index in [1.807, 2.05) is 38.1 Å². The summed E-state index contributed by atoms with van der Waals surface area (Å²) >= 11 is 0. The van der Waals surface area contributed by atoms with E-state index in [4.69, 9.17) is 9.47 Å². The van der Waals surface area contributed by atoms with Crippen molar-refractivity contribution in [2.75, 3.05) is 17.7 Å². The van der Waals surface area contributed by atoms with Crippen molar-refractivity contribution in [1.82, 2.24) is 0 Å². The maximum atomic E-state index is 5.95. The lowest BCUT2D eigenvalue weighted by Crippen LogP contribution is -2.07. The molecule has 3 rings (SSSR count). The topological polar surface area (TPSA) is 42.5 Å². The number of hydrogen-bond donors (Lipinski definition) is 2. The Kier molecular flexibility index (Phi) is 3.67. The molecule has 2 N–H and O–H groups in total. The Hall–Kier alpha value is -2.62. The number of ether oxygens (including phenoxy) is 2. The Morgan fingerprint density at radius 1 is 1.00 bits per heavy atom.